The summed E-state index contributed by atoms with van der Waals surface area (Å²) in [5, 5.41) is 9.82. The summed E-state index contributed by atoms with van der Waals surface area (Å²) in [6, 6.07) is 11.5. The van der Waals surface area contributed by atoms with Crippen molar-refractivity contribution in [3.63, 3.8) is 0 Å². The van der Waals surface area contributed by atoms with E-state index >= 15 is 0 Å². The lowest BCUT2D eigenvalue weighted by Gasteiger charge is -2.06. The Morgan fingerprint density at radius 3 is 2.39 bits per heavy atom. The van der Waals surface area contributed by atoms with Gasteiger partial charge in [0.25, 0.3) is 0 Å². The number of sulfone groups is 1. The summed E-state index contributed by atoms with van der Waals surface area (Å²) in [4.78, 5) is 23.1. The number of fused-ring (bicyclic) bond motifs is 1. The molecule has 6 nitrogen and oxygen atoms in total. The van der Waals surface area contributed by atoms with Crippen molar-refractivity contribution < 1.29 is 27.9 Å². The van der Waals surface area contributed by atoms with Gasteiger partial charge in [0.15, 0.2) is 5.76 Å². The molecular formula is C16H10O6S. The van der Waals surface area contributed by atoms with E-state index < -0.39 is 21.8 Å². The van der Waals surface area contributed by atoms with E-state index in [4.69, 9.17) is 9.84 Å². The molecule has 3 rings (SSSR count). The van der Waals surface area contributed by atoms with Gasteiger partial charge in [0.1, 0.15) is 0 Å². The second-order valence-corrected chi connectivity index (χ2v) is 6.56. The molecule has 0 bridgehead atoms. The molecule has 0 aromatic heterocycles. The molecule has 0 atom stereocenters. The normalized spacial score (nSPS) is 14.7. The first-order chi connectivity index (χ1) is 10.9. The number of carboxylic acids is 1. The zero-order valence-electron chi connectivity index (χ0n) is 11.6. The molecule has 1 aliphatic heterocycles. The van der Waals surface area contributed by atoms with E-state index in [9.17, 15) is 18.0 Å². The standard InChI is InChI=1S/C16H10O6S/c17-15(18)10-4-3-5-11(8-10)16(19)22-13-9-23(20,21)14-7-2-1-6-12(13)14/h1-9H,(H,17,18). The molecule has 116 valence electrons. The van der Waals surface area contributed by atoms with Gasteiger partial charge in [0.05, 0.1) is 21.4 Å². The van der Waals surface area contributed by atoms with Crippen LogP contribution < -0.4 is 0 Å². The molecule has 0 fully saturated rings. The van der Waals surface area contributed by atoms with Gasteiger partial charge < -0.3 is 9.84 Å². The molecule has 0 spiro atoms. The molecule has 1 aliphatic rings. The molecular weight excluding hydrogens is 320 g/mol. The molecule has 7 heteroatoms. The van der Waals surface area contributed by atoms with E-state index in [0.29, 0.717) is 5.56 Å². The maximum absolute atomic E-state index is 12.1. The largest absolute Gasteiger partial charge is 0.478 e. The Hall–Kier alpha value is -2.93. The van der Waals surface area contributed by atoms with Crippen molar-refractivity contribution in [2.24, 2.45) is 0 Å². The topological polar surface area (TPSA) is 97.7 Å². The fourth-order valence-electron chi connectivity index (χ4n) is 2.20. The van der Waals surface area contributed by atoms with E-state index in [-0.39, 0.29) is 21.8 Å². The smallest absolute Gasteiger partial charge is 0.343 e. The summed E-state index contributed by atoms with van der Waals surface area (Å²) in [6.45, 7) is 0. The van der Waals surface area contributed by atoms with Crippen molar-refractivity contribution in [1.82, 2.24) is 0 Å². The number of benzene rings is 2. The predicted molar refractivity (Wildman–Crippen MR) is 80.4 cm³/mol. The minimum Gasteiger partial charge on any atom is -0.478 e. The summed E-state index contributed by atoms with van der Waals surface area (Å²) < 4.78 is 29.1. The molecule has 2 aromatic rings. The molecule has 2 aromatic carbocycles. The van der Waals surface area contributed by atoms with Gasteiger partial charge in [-0.05, 0) is 30.3 Å². The number of carbonyl (C=O) groups is 2. The third-order valence-electron chi connectivity index (χ3n) is 3.27. The van der Waals surface area contributed by atoms with E-state index in [2.05, 4.69) is 0 Å². The van der Waals surface area contributed by atoms with Crippen LogP contribution in [0.5, 0.6) is 0 Å². The number of carboxylic acid groups (broad SMARTS) is 1. The second-order valence-electron chi connectivity index (χ2n) is 4.80. The third-order valence-corrected chi connectivity index (χ3v) is 4.76. The maximum Gasteiger partial charge on any atom is 0.343 e. The Bertz CT molecular complexity index is 956. The maximum atomic E-state index is 12.1. The van der Waals surface area contributed by atoms with E-state index in [1.54, 1.807) is 12.1 Å². The molecule has 23 heavy (non-hydrogen) atoms. The molecule has 0 aliphatic carbocycles. The Kier molecular flexibility index (Phi) is 3.49. The average Bonchev–Trinajstić information content (AvgIpc) is 2.79. The number of rotatable bonds is 3. The van der Waals surface area contributed by atoms with E-state index in [1.807, 2.05) is 0 Å². The van der Waals surface area contributed by atoms with Crippen molar-refractivity contribution >= 4 is 27.5 Å². The lowest BCUT2D eigenvalue weighted by molar-refractivity contribution is 0.0692. The van der Waals surface area contributed by atoms with Gasteiger partial charge in [-0.15, -0.1) is 0 Å². The fourth-order valence-corrected chi connectivity index (χ4v) is 3.53. The van der Waals surface area contributed by atoms with Crippen LogP contribution in [0.15, 0.2) is 58.8 Å². The molecule has 0 amide bonds. The van der Waals surface area contributed by atoms with Gasteiger partial charge in [-0.3, -0.25) is 0 Å². The van der Waals surface area contributed by atoms with Gasteiger partial charge in [-0.1, -0.05) is 18.2 Å². The number of carbonyl (C=O) groups excluding carboxylic acids is 1. The Morgan fingerprint density at radius 2 is 1.65 bits per heavy atom. The predicted octanol–water partition coefficient (Wildman–Crippen LogP) is 2.33. The molecule has 0 saturated heterocycles. The van der Waals surface area contributed by atoms with Crippen molar-refractivity contribution in [1.29, 1.82) is 0 Å². The number of esters is 1. The van der Waals surface area contributed by atoms with Gasteiger partial charge in [0.2, 0.25) is 9.84 Å². The lowest BCUT2D eigenvalue weighted by Crippen LogP contribution is -2.06. The van der Waals surface area contributed by atoms with Crippen molar-refractivity contribution in [3.8, 4) is 0 Å². The van der Waals surface area contributed by atoms with Crippen molar-refractivity contribution in [2.75, 3.05) is 0 Å². The first kappa shape index (κ1) is 15.0. The zero-order chi connectivity index (χ0) is 16.6. The van der Waals surface area contributed by atoms with E-state index in [0.717, 1.165) is 5.41 Å². The van der Waals surface area contributed by atoms with Crippen molar-refractivity contribution in [2.45, 2.75) is 4.90 Å². The van der Waals surface area contributed by atoms with Crippen LogP contribution in [0.1, 0.15) is 26.3 Å². The first-order valence-corrected chi connectivity index (χ1v) is 8.05. The Balaban J connectivity index is 1.93. The van der Waals surface area contributed by atoms with Crippen LogP contribution in [0.3, 0.4) is 0 Å². The third kappa shape index (κ3) is 2.74. The van der Waals surface area contributed by atoms with E-state index in [1.165, 1.54) is 36.4 Å². The van der Waals surface area contributed by atoms with Crippen LogP contribution in [0.25, 0.3) is 5.76 Å². The number of hydrogen-bond donors (Lipinski definition) is 1. The highest BCUT2D eigenvalue weighted by Gasteiger charge is 2.29. The quantitative estimate of drug-likeness (QED) is 0.867. The average molecular weight is 330 g/mol. The monoisotopic (exact) mass is 330 g/mol. The molecule has 1 heterocycles. The SMILES string of the molecule is O=C(O)c1cccc(C(=O)OC2=CS(=O)(=O)c3ccccc32)c1. The van der Waals surface area contributed by atoms with Gasteiger partial charge in [0, 0.05) is 5.56 Å². The second kappa shape index (κ2) is 5.36. The van der Waals surface area contributed by atoms with Gasteiger partial charge in [-0.2, -0.15) is 0 Å². The first-order valence-electron chi connectivity index (χ1n) is 6.50. The number of aromatic carboxylic acids is 1. The summed E-state index contributed by atoms with van der Waals surface area (Å²) in [5.74, 6) is -2.08. The van der Waals surface area contributed by atoms with Crippen LogP contribution in [0, 0.1) is 0 Å². The highest BCUT2D eigenvalue weighted by molar-refractivity contribution is 7.94. The van der Waals surface area contributed by atoms with Crippen LogP contribution in [0.2, 0.25) is 0 Å². The minimum atomic E-state index is -3.64. The van der Waals surface area contributed by atoms with Crippen LogP contribution >= 0.6 is 0 Å². The highest BCUT2D eigenvalue weighted by atomic mass is 32.2. The summed E-state index contributed by atoms with van der Waals surface area (Å²) in [7, 11) is -3.64. The van der Waals surface area contributed by atoms with Crippen molar-refractivity contribution in [3.05, 3.63) is 70.6 Å². The lowest BCUT2D eigenvalue weighted by atomic mass is 10.1. The fraction of sp³-hybridized carbons (Fsp3) is 0. The molecule has 0 radical (unpaired) electrons. The summed E-state index contributed by atoms with van der Waals surface area (Å²) >= 11 is 0. The van der Waals surface area contributed by atoms with Gasteiger partial charge in [-0.25, -0.2) is 18.0 Å². The zero-order valence-corrected chi connectivity index (χ0v) is 12.4. The van der Waals surface area contributed by atoms with Crippen LogP contribution in [-0.2, 0) is 14.6 Å². The minimum absolute atomic E-state index is 0.0209. The Morgan fingerprint density at radius 1 is 0.957 bits per heavy atom. The highest BCUT2D eigenvalue weighted by Crippen LogP contribution is 2.34. The van der Waals surface area contributed by atoms with Gasteiger partial charge >= 0.3 is 11.9 Å². The van der Waals surface area contributed by atoms with Crippen LogP contribution in [0.4, 0.5) is 0 Å². The Labute approximate surface area is 131 Å². The molecule has 0 unspecified atom stereocenters. The summed E-state index contributed by atoms with van der Waals surface area (Å²) in [6.07, 6.45) is 0. The number of hydrogen-bond acceptors (Lipinski definition) is 5. The number of ether oxygens (including phenoxy) is 1. The summed E-state index contributed by atoms with van der Waals surface area (Å²) in [5.41, 5.74) is 0.260. The molecule has 0 saturated carbocycles. The van der Waals surface area contributed by atoms with Crippen LogP contribution in [-0.4, -0.2) is 25.5 Å². The molecule has 1 N–H and O–H groups in total.